The fourth-order valence-corrected chi connectivity index (χ4v) is 6.97. The van der Waals surface area contributed by atoms with Gasteiger partial charge in [-0.2, -0.15) is 0 Å². The average Bonchev–Trinajstić information content (AvgIpc) is 3.00. The maximum Gasteiger partial charge on any atom is 0.166 e. The lowest BCUT2D eigenvalue weighted by molar-refractivity contribution is 0.171. The fourth-order valence-electron chi connectivity index (χ4n) is 6.97. The van der Waals surface area contributed by atoms with Crippen molar-refractivity contribution >= 4 is 0 Å². The molecule has 2 fully saturated rings. The molecule has 3 aromatic carbocycles. The molecule has 0 aliphatic heterocycles. The maximum atomic E-state index is 15.3. The molecule has 0 amide bonds. The van der Waals surface area contributed by atoms with Gasteiger partial charge in [-0.15, -0.1) is 6.58 Å². The number of hydrogen-bond donors (Lipinski definition) is 0. The molecule has 5 rings (SSSR count). The van der Waals surface area contributed by atoms with Gasteiger partial charge in [0.25, 0.3) is 0 Å². The van der Waals surface area contributed by atoms with Crippen molar-refractivity contribution in [2.24, 2.45) is 17.8 Å². The zero-order valence-electron chi connectivity index (χ0n) is 23.6. The standard InChI is InChI=1S/C37H41F3/c1-3-5-6-7-31-20-23-34(37(40)36(31)39)30-18-16-29(17-19-30)33-22-21-32(24-35(33)38)28-14-12-27(13-15-28)26-10-8-25(4-2)9-11-26/h4-6,16-28H,2-3,7-15H2,1H3/b6-5-. The molecule has 2 aliphatic carbocycles. The Hall–Kier alpha value is -3.07. The lowest BCUT2D eigenvalue weighted by Crippen LogP contribution is -2.25. The van der Waals surface area contributed by atoms with Gasteiger partial charge < -0.3 is 0 Å². The van der Waals surface area contributed by atoms with Crippen LogP contribution < -0.4 is 0 Å². The van der Waals surface area contributed by atoms with Crippen molar-refractivity contribution in [1.29, 1.82) is 0 Å². The summed E-state index contributed by atoms with van der Waals surface area (Å²) in [7, 11) is 0. The van der Waals surface area contributed by atoms with Crippen molar-refractivity contribution in [3.63, 3.8) is 0 Å². The monoisotopic (exact) mass is 542 g/mol. The van der Waals surface area contributed by atoms with E-state index in [-0.39, 0.29) is 11.4 Å². The van der Waals surface area contributed by atoms with Gasteiger partial charge in [0.1, 0.15) is 5.82 Å². The van der Waals surface area contributed by atoms with Crippen LogP contribution in [0.15, 0.2) is 79.4 Å². The lowest BCUT2D eigenvalue weighted by Gasteiger charge is -2.37. The van der Waals surface area contributed by atoms with Crippen LogP contribution in [0.4, 0.5) is 13.2 Å². The molecule has 3 aromatic rings. The largest absolute Gasteiger partial charge is 0.206 e. The summed E-state index contributed by atoms with van der Waals surface area (Å²) in [5.74, 6) is 0.922. The number of benzene rings is 3. The van der Waals surface area contributed by atoms with Gasteiger partial charge in [0.2, 0.25) is 0 Å². The Kier molecular flexibility index (Phi) is 9.29. The molecule has 0 heterocycles. The van der Waals surface area contributed by atoms with Crippen LogP contribution in [0.2, 0.25) is 0 Å². The molecule has 0 bridgehead atoms. The van der Waals surface area contributed by atoms with Crippen LogP contribution >= 0.6 is 0 Å². The van der Waals surface area contributed by atoms with E-state index in [0.717, 1.165) is 42.2 Å². The van der Waals surface area contributed by atoms with Gasteiger partial charge in [0.05, 0.1) is 0 Å². The Morgan fingerprint density at radius 3 is 1.90 bits per heavy atom. The van der Waals surface area contributed by atoms with Crippen molar-refractivity contribution in [3.05, 3.63) is 108 Å². The summed E-state index contributed by atoms with van der Waals surface area (Å²) in [5.41, 5.74) is 3.49. The van der Waals surface area contributed by atoms with Crippen LogP contribution in [0.3, 0.4) is 0 Å². The Labute approximate surface area is 238 Å². The predicted molar refractivity (Wildman–Crippen MR) is 161 cm³/mol. The van der Waals surface area contributed by atoms with E-state index in [9.17, 15) is 8.78 Å². The summed E-state index contributed by atoms with van der Waals surface area (Å²) in [6, 6.07) is 16.0. The first-order chi connectivity index (χ1) is 19.5. The van der Waals surface area contributed by atoms with E-state index in [1.54, 1.807) is 42.5 Å². The second-order valence-corrected chi connectivity index (χ2v) is 11.8. The first-order valence-corrected chi connectivity index (χ1v) is 15.1. The minimum atomic E-state index is -0.843. The molecule has 210 valence electrons. The van der Waals surface area contributed by atoms with Gasteiger partial charge in [0, 0.05) is 11.1 Å². The molecule has 40 heavy (non-hydrogen) atoms. The van der Waals surface area contributed by atoms with Gasteiger partial charge in [-0.25, -0.2) is 13.2 Å². The Morgan fingerprint density at radius 1 is 0.700 bits per heavy atom. The van der Waals surface area contributed by atoms with Crippen LogP contribution in [0.5, 0.6) is 0 Å². The van der Waals surface area contributed by atoms with Crippen LogP contribution in [-0.2, 0) is 6.42 Å². The summed E-state index contributed by atoms with van der Waals surface area (Å²) < 4.78 is 44.8. The van der Waals surface area contributed by atoms with Crippen molar-refractivity contribution in [2.75, 3.05) is 0 Å². The van der Waals surface area contributed by atoms with Crippen LogP contribution in [0.25, 0.3) is 22.3 Å². The highest BCUT2D eigenvalue weighted by molar-refractivity contribution is 5.71. The quantitative estimate of drug-likeness (QED) is 0.248. The van der Waals surface area contributed by atoms with E-state index in [0.29, 0.717) is 34.9 Å². The molecule has 2 aliphatic rings. The molecule has 0 atom stereocenters. The van der Waals surface area contributed by atoms with Crippen molar-refractivity contribution in [3.8, 4) is 22.3 Å². The molecule has 0 N–H and O–H groups in total. The highest BCUT2D eigenvalue weighted by Gasteiger charge is 2.31. The predicted octanol–water partition coefficient (Wildman–Crippen LogP) is 11.2. The molecule has 0 aromatic heterocycles. The Bertz CT molecular complexity index is 1320. The first kappa shape index (κ1) is 28.5. The molecule has 0 radical (unpaired) electrons. The highest BCUT2D eigenvalue weighted by atomic mass is 19.2. The normalized spacial score (nSPS) is 23.4. The van der Waals surface area contributed by atoms with Crippen molar-refractivity contribution in [2.45, 2.75) is 77.0 Å². The Morgan fingerprint density at radius 2 is 1.30 bits per heavy atom. The molecule has 0 spiro atoms. The summed E-state index contributed by atoms with van der Waals surface area (Å²) in [6.45, 7) is 5.98. The summed E-state index contributed by atoms with van der Waals surface area (Å²) in [6.07, 6.45) is 17.1. The summed E-state index contributed by atoms with van der Waals surface area (Å²) >= 11 is 0. The minimum Gasteiger partial charge on any atom is -0.206 e. The third-order valence-corrected chi connectivity index (χ3v) is 9.46. The topological polar surface area (TPSA) is 0 Å². The van der Waals surface area contributed by atoms with Crippen molar-refractivity contribution < 1.29 is 13.2 Å². The van der Waals surface area contributed by atoms with E-state index in [1.165, 1.54) is 38.5 Å². The second-order valence-electron chi connectivity index (χ2n) is 11.8. The van der Waals surface area contributed by atoms with Crippen LogP contribution in [0, 0.1) is 35.2 Å². The van der Waals surface area contributed by atoms with Gasteiger partial charge >= 0.3 is 0 Å². The number of allylic oxidation sites excluding steroid dienone is 3. The molecule has 0 saturated heterocycles. The molecular formula is C37H41F3. The van der Waals surface area contributed by atoms with E-state index in [1.807, 2.05) is 25.1 Å². The number of halogens is 3. The molecule has 2 saturated carbocycles. The number of rotatable bonds is 8. The second kappa shape index (κ2) is 13.1. The van der Waals surface area contributed by atoms with Crippen LogP contribution in [-0.4, -0.2) is 0 Å². The van der Waals surface area contributed by atoms with Crippen molar-refractivity contribution in [1.82, 2.24) is 0 Å². The summed E-state index contributed by atoms with van der Waals surface area (Å²) in [5, 5.41) is 0. The van der Waals surface area contributed by atoms with Gasteiger partial charge in [-0.1, -0.05) is 73.7 Å². The smallest absolute Gasteiger partial charge is 0.166 e. The molecule has 0 nitrogen and oxygen atoms in total. The SMILES string of the molecule is C=CC1CCC(C2CCC(c3ccc(-c4ccc(-c5ccc(C/C=C\CC)c(F)c5F)cc4)c(F)c3)CC2)CC1. The average molecular weight is 543 g/mol. The van der Waals surface area contributed by atoms with Gasteiger partial charge in [-0.3, -0.25) is 0 Å². The zero-order chi connectivity index (χ0) is 28.1. The lowest BCUT2D eigenvalue weighted by atomic mass is 9.68. The molecular weight excluding hydrogens is 501 g/mol. The first-order valence-electron chi connectivity index (χ1n) is 15.1. The zero-order valence-corrected chi connectivity index (χ0v) is 23.6. The van der Waals surface area contributed by atoms with E-state index in [2.05, 4.69) is 18.7 Å². The van der Waals surface area contributed by atoms with Gasteiger partial charge in [0.15, 0.2) is 11.6 Å². The third kappa shape index (κ3) is 6.29. The minimum absolute atomic E-state index is 0.215. The maximum absolute atomic E-state index is 15.3. The molecule has 3 heteroatoms. The summed E-state index contributed by atoms with van der Waals surface area (Å²) in [4.78, 5) is 0. The number of hydrogen-bond acceptors (Lipinski definition) is 0. The van der Waals surface area contributed by atoms with E-state index < -0.39 is 11.6 Å². The van der Waals surface area contributed by atoms with E-state index in [4.69, 9.17) is 0 Å². The molecule has 0 unspecified atom stereocenters. The van der Waals surface area contributed by atoms with Crippen LogP contribution in [0.1, 0.15) is 81.8 Å². The van der Waals surface area contributed by atoms with Gasteiger partial charge in [-0.05, 0) is 116 Å². The highest BCUT2D eigenvalue weighted by Crippen LogP contribution is 2.44. The third-order valence-electron chi connectivity index (χ3n) is 9.46. The fraction of sp³-hybridized carbons (Fsp3) is 0.405. The Balaban J connectivity index is 1.23. The van der Waals surface area contributed by atoms with E-state index >= 15 is 4.39 Å².